The van der Waals surface area contributed by atoms with Crippen molar-refractivity contribution in [2.24, 2.45) is 0 Å². The first-order valence-corrected chi connectivity index (χ1v) is 12.9. The zero-order valence-corrected chi connectivity index (χ0v) is 22.7. The Kier molecular flexibility index (Phi) is 8.71. The van der Waals surface area contributed by atoms with Gasteiger partial charge in [0.25, 0.3) is 11.8 Å². The number of likely N-dealkylation sites (N-methyl/N-ethyl adjacent to an activating group) is 1. The van der Waals surface area contributed by atoms with Crippen molar-refractivity contribution >= 4 is 17.7 Å². The fourth-order valence-corrected chi connectivity index (χ4v) is 5.03. The van der Waals surface area contributed by atoms with E-state index in [1.807, 2.05) is 19.0 Å². The molecule has 4 rings (SSSR count). The number of carbonyl (C=O) groups excluding carboxylic acids is 3. The van der Waals surface area contributed by atoms with E-state index in [4.69, 9.17) is 14.2 Å². The Morgan fingerprint density at radius 2 is 1.64 bits per heavy atom. The van der Waals surface area contributed by atoms with Crippen LogP contribution in [0.15, 0.2) is 42.5 Å². The summed E-state index contributed by atoms with van der Waals surface area (Å²) in [6.07, 6.45) is 0.640. The number of rotatable bonds is 8. The van der Waals surface area contributed by atoms with E-state index in [-0.39, 0.29) is 24.0 Å². The van der Waals surface area contributed by atoms with Crippen molar-refractivity contribution in [3.63, 3.8) is 0 Å². The molecule has 0 saturated carbocycles. The molecular formula is C28H35FN4O6. The van der Waals surface area contributed by atoms with Crippen LogP contribution in [0.25, 0.3) is 0 Å². The third-order valence-corrected chi connectivity index (χ3v) is 7.19. The van der Waals surface area contributed by atoms with Gasteiger partial charge < -0.3 is 29.3 Å². The van der Waals surface area contributed by atoms with Gasteiger partial charge in [-0.15, -0.1) is 0 Å². The first-order valence-electron chi connectivity index (χ1n) is 12.9. The predicted molar refractivity (Wildman–Crippen MR) is 141 cm³/mol. The summed E-state index contributed by atoms with van der Waals surface area (Å²) in [6.45, 7) is 1.72. The van der Waals surface area contributed by atoms with Crippen LogP contribution in [0.5, 0.6) is 11.5 Å². The van der Waals surface area contributed by atoms with Gasteiger partial charge in [-0.25, -0.2) is 4.39 Å². The molecule has 2 aliphatic rings. The highest BCUT2D eigenvalue weighted by Crippen LogP contribution is 2.39. The third-order valence-electron chi connectivity index (χ3n) is 7.19. The zero-order valence-electron chi connectivity index (χ0n) is 22.7. The second-order valence-corrected chi connectivity index (χ2v) is 9.91. The van der Waals surface area contributed by atoms with Gasteiger partial charge in [0.05, 0.1) is 20.8 Å². The molecule has 39 heavy (non-hydrogen) atoms. The highest BCUT2D eigenvalue weighted by molar-refractivity contribution is 5.98. The summed E-state index contributed by atoms with van der Waals surface area (Å²) in [5.41, 5.74) is -0.354. The van der Waals surface area contributed by atoms with Crippen LogP contribution in [-0.4, -0.2) is 105 Å². The maximum absolute atomic E-state index is 13.7. The first kappa shape index (κ1) is 28.3. The van der Waals surface area contributed by atoms with Crippen molar-refractivity contribution in [2.75, 3.05) is 61.1 Å². The molecule has 11 heteroatoms. The van der Waals surface area contributed by atoms with Crippen LogP contribution >= 0.6 is 0 Å². The number of hydrogen-bond acceptors (Lipinski definition) is 7. The minimum Gasteiger partial charge on any atom is -0.493 e. The second-order valence-electron chi connectivity index (χ2n) is 9.91. The minimum absolute atomic E-state index is 0.0321. The average molecular weight is 543 g/mol. The highest BCUT2D eigenvalue weighted by atomic mass is 19.1. The van der Waals surface area contributed by atoms with E-state index in [0.717, 1.165) is 0 Å². The molecule has 1 unspecified atom stereocenters. The van der Waals surface area contributed by atoms with Gasteiger partial charge in [0.15, 0.2) is 11.5 Å². The Hall–Kier alpha value is -3.70. The molecule has 2 aromatic rings. The van der Waals surface area contributed by atoms with E-state index < -0.39 is 23.5 Å². The molecule has 0 bridgehead atoms. The number of piperidine rings is 1. The molecule has 2 aromatic carbocycles. The fraction of sp³-hybridized carbons (Fsp3) is 0.464. The lowest BCUT2D eigenvalue weighted by Crippen LogP contribution is -2.60. The highest BCUT2D eigenvalue weighted by Gasteiger charge is 2.54. The van der Waals surface area contributed by atoms with Gasteiger partial charge in [0, 0.05) is 50.1 Å². The third kappa shape index (κ3) is 5.99. The van der Waals surface area contributed by atoms with E-state index in [1.54, 1.807) is 23.1 Å². The van der Waals surface area contributed by atoms with Crippen LogP contribution < -0.4 is 14.8 Å². The lowest BCUT2D eigenvalue weighted by atomic mass is 9.96. The van der Waals surface area contributed by atoms with Crippen LogP contribution in [0.2, 0.25) is 0 Å². The molecule has 0 aliphatic carbocycles. The van der Waals surface area contributed by atoms with E-state index in [0.29, 0.717) is 56.1 Å². The molecule has 2 heterocycles. The largest absolute Gasteiger partial charge is 0.493 e. The van der Waals surface area contributed by atoms with Gasteiger partial charge in [-0.1, -0.05) is 0 Å². The number of carbonyl (C=O) groups is 3. The van der Waals surface area contributed by atoms with Crippen LogP contribution in [0, 0.1) is 5.82 Å². The average Bonchev–Trinajstić information content (AvgIpc) is 3.30. The summed E-state index contributed by atoms with van der Waals surface area (Å²) in [7, 11) is 6.84. The number of likely N-dealkylation sites (tertiary alicyclic amines) is 1. The van der Waals surface area contributed by atoms with Gasteiger partial charge in [-0.2, -0.15) is 0 Å². The number of benzene rings is 2. The molecule has 0 radical (unpaired) electrons. The smallest absolute Gasteiger partial charge is 0.256 e. The molecule has 10 nitrogen and oxygen atoms in total. The van der Waals surface area contributed by atoms with Crippen molar-refractivity contribution in [3.8, 4) is 11.5 Å². The summed E-state index contributed by atoms with van der Waals surface area (Å²) in [5, 5.41) is 2.89. The van der Waals surface area contributed by atoms with Crippen LogP contribution in [-0.2, 0) is 9.53 Å². The Morgan fingerprint density at radius 3 is 2.26 bits per heavy atom. The van der Waals surface area contributed by atoms with E-state index in [9.17, 15) is 18.8 Å². The van der Waals surface area contributed by atoms with Crippen molar-refractivity contribution in [1.29, 1.82) is 0 Å². The summed E-state index contributed by atoms with van der Waals surface area (Å²) in [4.78, 5) is 45.3. The van der Waals surface area contributed by atoms with Crippen molar-refractivity contribution < 1.29 is 33.0 Å². The van der Waals surface area contributed by atoms with E-state index >= 15 is 0 Å². The molecule has 2 saturated heterocycles. The summed E-state index contributed by atoms with van der Waals surface area (Å²) in [6, 6.07) is 9.38. The molecule has 2 fully saturated rings. The van der Waals surface area contributed by atoms with Gasteiger partial charge in [-0.3, -0.25) is 19.3 Å². The van der Waals surface area contributed by atoms with Crippen LogP contribution in [0.4, 0.5) is 4.39 Å². The molecule has 1 atom stereocenters. The number of nitrogens with zero attached hydrogens (tertiary/aromatic N) is 3. The molecule has 0 aromatic heterocycles. The van der Waals surface area contributed by atoms with Gasteiger partial charge in [0.2, 0.25) is 5.91 Å². The topological polar surface area (TPSA) is 101 Å². The fourth-order valence-electron chi connectivity index (χ4n) is 5.03. The quantitative estimate of drug-likeness (QED) is 0.545. The maximum Gasteiger partial charge on any atom is 0.256 e. The summed E-state index contributed by atoms with van der Waals surface area (Å²) in [5.74, 6) is -0.393. The zero-order chi connectivity index (χ0) is 28.2. The molecule has 1 spiro atoms. The van der Waals surface area contributed by atoms with Crippen molar-refractivity contribution in [1.82, 2.24) is 20.0 Å². The Bertz CT molecular complexity index is 1200. The Balaban J connectivity index is 1.54. The summed E-state index contributed by atoms with van der Waals surface area (Å²) < 4.78 is 30.4. The minimum atomic E-state index is -1.07. The van der Waals surface area contributed by atoms with Crippen LogP contribution in [0.1, 0.15) is 33.6 Å². The lowest BCUT2D eigenvalue weighted by molar-refractivity contribution is -0.128. The van der Waals surface area contributed by atoms with Gasteiger partial charge in [-0.05, 0) is 56.6 Å². The molecular weight excluding hydrogens is 507 g/mol. The maximum atomic E-state index is 13.7. The van der Waals surface area contributed by atoms with E-state index in [2.05, 4.69) is 5.32 Å². The van der Waals surface area contributed by atoms with Crippen molar-refractivity contribution in [3.05, 3.63) is 59.4 Å². The number of amides is 3. The molecule has 1 N–H and O–H groups in total. The summed E-state index contributed by atoms with van der Waals surface area (Å²) >= 11 is 0. The SMILES string of the molecule is COc1ccc(C(=O)N2CCC3(CC2)OCC(C(=O)NCCN(C)C)N3C(=O)c2ccc(F)cc2)cc1OC. The number of ether oxygens (including phenoxy) is 3. The predicted octanol–water partition coefficient (Wildman–Crippen LogP) is 1.99. The molecule has 3 amide bonds. The standard InChI is InChI=1S/C28H35FN4O6/c1-31(2)16-13-30-25(34)22-18-39-28(33(22)27(36)19-5-8-21(29)9-6-19)11-14-32(15-12-28)26(35)20-7-10-23(37-3)24(17-20)38-4/h5-10,17,22H,11-16,18H2,1-4H3,(H,30,34). The normalized spacial score (nSPS) is 18.4. The number of halogens is 1. The monoisotopic (exact) mass is 542 g/mol. The van der Waals surface area contributed by atoms with E-state index in [1.165, 1.54) is 43.4 Å². The number of methoxy groups -OCH3 is 2. The van der Waals surface area contributed by atoms with Crippen LogP contribution in [0.3, 0.4) is 0 Å². The molecule has 210 valence electrons. The van der Waals surface area contributed by atoms with Gasteiger partial charge in [0.1, 0.15) is 17.6 Å². The first-order chi connectivity index (χ1) is 18.7. The second kappa shape index (κ2) is 12.0. The lowest BCUT2D eigenvalue weighted by Gasteiger charge is -2.44. The Morgan fingerprint density at radius 1 is 1.00 bits per heavy atom. The molecule has 2 aliphatic heterocycles. The number of nitrogens with one attached hydrogen (secondary N) is 1. The number of hydrogen-bond donors (Lipinski definition) is 1. The van der Waals surface area contributed by atoms with Crippen molar-refractivity contribution in [2.45, 2.75) is 24.6 Å². The Labute approximate surface area is 227 Å². The van der Waals surface area contributed by atoms with Gasteiger partial charge >= 0.3 is 0 Å².